The van der Waals surface area contributed by atoms with Crippen LogP contribution in [-0.2, 0) is 23.8 Å². The first-order valence-corrected chi connectivity index (χ1v) is 14.6. The summed E-state index contributed by atoms with van der Waals surface area (Å²) in [5, 5.41) is 9.69. The average Bonchev–Trinajstić information content (AvgIpc) is 3.27. The summed E-state index contributed by atoms with van der Waals surface area (Å²) >= 11 is 1.64. The minimum absolute atomic E-state index is 0.0236. The summed E-state index contributed by atoms with van der Waals surface area (Å²) in [4.78, 5) is 19.1. The second-order valence-corrected chi connectivity index (χ2v) is 12.9. The van der Waals surface area contributed by atoms with Crippen molar-refractivity contribution >= 4 is 33.1 Å². The minimum atomic E-state index is -3.54. The highest BCUT2D eigenvalue weighted by Gasteiger charge is 2.33. The Morgan fingerprint density at radius 2 is 1.82 bits per heavy atom. The fourth-order valence-electron chi connectivity index (χ4n) is 4.05. The molecule has 38 heavy (non-hydrogen) atoms. The number of aliphatic imine (C=N–C) groups is 1. The van der Waals surface area contributed by atoms with Crippen molar-refractivity contribution in [3.63, 3.8) is 0 Å². The van der Waals surface area contributed by atoms with E-state index in [1.807, 2.05) is 56.5 Å². The number of ether oxygens (including phenoxy) is 1. The first kappa shape index (κ1) is 27.7. The molecule has 0 saturated carbocycles. The van der Waals surface area contributed by atoms with Crippen LogP contribution in [0.4, 0.5) is 0 Å². The van der Waals surface area contributed by atoms with Crippen molar-refractivity contribution in [1.29, 1.82) is 0 Å². The van der Waals surface area contributed by atoms with Gasteiger partial charge in [0.05, 0.1) is 18.4 Å². The second-order valence-electron chi connectivity index (χ2n) is 10.0. The Morgan fingerprint density at radius 1 is 1.13 bits per heavy atom. The lowest BCUT2D eigenvalue weighted by Crippen LogP contribution is -2.25. The molecule has 0 bridgehead atoms. The highest BCUT2D eigenvalue weighted by molar-refractivity contribution is 7.86. The van der Waals surface area contributed by atoms with Crippen LogP contribution < -0.4 is 0 Å². The van der Waals surface area contributed by atoms with E-state index in [0.29, 0.717) is 11.4 Å². The zero-order valence-electron chi connectivity index (χ0n) is 22.4. The van der Waals surface area contributed by atoms with Crippen LogP contribution in [0, 0.1) is 32.6 Å². The van der Waals surface area contributed by atoms with Crippen LogP contribution >= 0.6 is 11.3 Å². The molecule has 4 rings (SSSR count). The van der Waals surface area contributed by atoms with Gasteiger partial charge in [-0.2, -0.15) is 8.42 Å². The number of hydrogen-bond acceptors (Lipinski definition) is 9. The van der Waals surface area contributed by atoms with Gasteiger partial charge in [-0.3, -0.25) is 18.5 Å². The lowest BCUT2D eigenvalue weighted by Gasteiger charge is -2.21. The maximum absolute atomic E-state index is 12.9. The number of hydrogen-bond donors (Lipinski definition) is 0. The number of aromatic nitrogens is 3. The number of carbonyl (C=O) groups excluding carboxylic acids is 1. The smallest absolute Gasteiger partial charge is 0.308 e. The molecule has 0 N–H and O–H groups in total. The summed E-state index contributed by atoms with van der Waals surface area (Å²) in [5.74, 6) is 6.57. The Labute approximate surface area is 227 Å². The molecule has 0 unspecified atom stereocenters. The second kappa shape index (κ2) is 10.4. The Hall–Kier alpha value is -3.33. The molecular formula is C27H30N4O5S2. The maximum atomic E-state index is 12.9. The molecule has 1 aliphatic rings. The van der Waals surface area contributed by atoms with Gasteiger partial charge in [0.2, 0.25) is 0 Å². The van der Waals surface area contributed by atoms with Crippen LogP contribution in [-0.4, -0.2) is 53.3 Å². The molecule has 0 fully saturated rings. The first-order valence-electron chi connectivity index (χ1n) is 12.0. The molecule has 0 spiro atoms. The van der Waals surface area contributed by atoms with Crippen molar-refractivity contribution in [2.24, 2.45) is 4.99 Å². The molecule has 0 radical (unpaired) electrons. The summed E-state index contributed by atoms with van der Waals surface area (Å²) in [6, 6.07) is 6.94. The number of rotatable bonds is 5. The highest BCUT2D eigenvalue weighted by Crippen LogP contribution is 2.39. The van der Waals surface area contributed by atoms with Gasteiger partial charge in [-0.15, -0.1) is 21.5 Å². The van der Waals surface area contributed by atoms with Gasteiger partial charge in [-0.25, -0.2) is 0 Å². The summed E-state index contributed by atoms with van der Waals surface area (Å²) in [6.07, 6.45) is 1.01. The third-order valence-electron chi connectivity index (χ3n) is 5.76. The van der Waals surface area contributed by atoms with Crippen LogP contribution in [0.5, 0.6) is 0 Å². The number of benzene rings is 1. The molecule has 3 aromatic rings. The Morgan fingerprint density at radius 3 is 2.45 bits per heavy atom. The summed E-state index contributed by atoms with van der Waals surface area (Å²) < 4.78 is 34.5. The number of aryl methyl sites for hydroxylation is 2. The molecule has 2 aromatic heterocycles. The summed E-state index contributed by atoms with van der Waals surface area (Å²) in [6.45, 7) is 11.3. The molecule has 1 atom stereocenters. The van der Waals surface area contributed by atoms with Gasteiger partial charge in [0.15, 0.2) is 5.82 Å². The molecular weight excluding hydrogens is 524 g/mol. The predicted octanol–water partition coefficient (Wildman–Crippen LogP) is 4.21. The van der Waals surface area contributed by atoms with E-state index in [9.17, 15) is 13.2 Å². The molecule has 0 aliphatic carbocycles. The number of thiophene rings is 1. The van der Waals surface area contributed by atoms with Gasteiger partial charge >= 0.3 is 5.97 Å². The standard InChI is InChI=1S/C27H30N4O5S2/c1-16-17(2)37-26-23(16)24(20-12-10-19(11-13-20)9-8-14-35-38(7,33)34)28-21(15-22(32)36-27(4,5)6)25-30-29-18(3)31(25)26/h10-13,21H,14-15H2,1-7H3/t21-/m0/s1. The Bertz CT molecular complexity index is 1580. The first-order chi connectivity index (χ1) is 17.7. The average molecular weight is 555 g/mol. The predicted molar refractivity (Wildman–Crippen MR) is 146 cm³/mol. The zero-order chi connectivity index (χ0) is 27.8. The lowest BCUT2D eigenvalue weighted by molar-refractivity contribution is -0.155. The molecule has 0 amide bonds. The van der Waals surface area contributed by atoms with E-state index < -0.39 is 21.8 Å². The van der Waals surface area contributed by atoms with E-state index in [1.54, 1.807) is 11.3 Å². The van der Waals surface area contributed by atoms with E-state index >= 15 is 0 Å². The van der Waals surface area contributed by atoms with Crippen molar-refractivity contribution in [3.05, 3.63) is 63.0 Å². The van der Waals surface area contributed by atoms with Crippen molar-refractivity contribution in [2.45, 2.75) is 59.6 Å². The monoisotopic (exact) mass is 554 g/mol. The van der Waals surface area contributed by atoms with Crippen LogP contribution in [0.25, 0.3) is 5.00 Å². The SMILES string of the molecule is Cc1sc2c(c1C)C(c1ccc(C#CCOS(C)(=O)=O)cc1)=N[C@@H](CC(=O)OC(C)(C)C)c1nnc(C)n1-2. The van der Waals surface area contributed by atoms with E-state index in [-0.39, 0.29) is 19.0 Å². The highest BCUT2D eigenvalue weighted by atomic mass is 32.2. The van der Waals surface area contributed by atoms with Crippen LogP contribution in [0.3, 0.4) is 0 Å². The van der Waals surface area contributed by atoms with Crippen molar-refractivity contribution in [1.82, 2.24) is 14.8 Å². The third kappa shape index (κ3) is 6.20. The maximum Gasteiger partial charge on any atom is 0.308 e. The largest absolute Gasteiger partial charge is 0.460 e. The Kier molecular flexibility index (Phi) is 7.61. The van der Waals surface area contributed by atoms with Crippen LogP contribution in [0.1, 0.15) is 72.0 Å². The van der Waals surface area contributed by atoms with Gasteiger partial charge in [-0.1, -0.05) is 24.0 Å². The lowest BCUT2D eigenvalue weighted by atomic mass is 9.98. The van der Waals surface area contributed by atoms with Crippen molar-refractivity contribution in [2.75, 3.05) is 12.9 Å². The van der Waals surface area contributed by atoms with Gasteiger partial charge in [-0.05, 0) is 59.2 Å². The van der Waals surface area contributed by atoms with Gasteiger partial charge in [0.1, 0.15) is 29.1 Å². The van der Waals surface area contributed by atoms with Gasteiger partial charge in [0.25, 0.3) is 10.1 Å². The Balaban J connectivity index is 1.77. The number of nitrogens with zero attached hydrogens (tertiary/aromatic N) is 4. The number of esters is 1. The number of carbonyl (C=O) groups is 1. The topological polar surface area (TPSA) is 113 Å². The minimum Gasteiger partial charge on any atom is -0.460 e. The summed E-state index contributed by atoms with van der Waals surface area (Å²) in [5.41, 5.74) is 3.77. The summed E-state index contributed by atoms with van der Waals surface area (Å²) in [7, 11) is -3.54. The molecule has 200 valence electrons. The van der Waals surface area contributed by atoms with E-state index in [0.717, 1.165) is 44.4 Å². The molecule has 3 heterocycles. The zero-order valence-corrected chi connectivity index (χ0v) is 24.1. The van der Waals surface area contributed by atoms with Crippen molar-refractivity contribution in [3.8, 4) is 16.8 Å². The van der Waals surface area contributed by atoms with Crippen molar-refractivity contribution < 1.29 is 22.1 Å². The van der Waals surface area contributed by atoms with E-state index in [4.69, 9.17) is 9.73 Å². The normalized spacial score (nSPS) is 15.0. The fraction of sp³-hybridized carbons (Fsp3) is 0.407. The third-order valence-corrected chi connectivity index (χ3v) is 7.49. The van der Waals surface area contributed by atoms with E-state index in [2.05, 4.69) is 40.1 Å². The van der Waals surface area contributed by atoms with Crippen LogP contribution in [0.2, 0.25) is 0 Å². The molecule has 11 heteroatoms. The number of fused-ring (bicyclic) bond motifs is 3. The molecule has 9 nitrogen and oxygen atoms in total. The molecule has 1 aromatic carbocycles. The fourth-order valence-corrected chi connectivity index (χ4v) is 5.54. The van der Waals surface area contributed by atoms with Crippen LogP contribution in [0.15, 0.2) is 29.3 Å². The van der Waals surface area contributed by atoms with Gasteiger partial charge in [0, 0.05) is 21.6 Å². The quantitative estimate of drug-likeness (QED) is 0.264. The molecule has 0 saturated heterocycles. The molecule has 1 aliphatic heterocycles. The van der Waals surface area contributed by atoms with E-state index in [1.165, 1.54) is 0 Å². The van der Waals surface area contributed by atoms with Gasteiger partial charge < -0.3 is 4.74 Å².